The Morgan fingerprint density at radius 2 is 2.20 bits per heavy atom. The lowest BCUT2D eigenvalue weighted by Crippen LogP contribution is -2.08. The van der Waals surface area contributed by atoms with E-state index in [4.69, 9.17) is 9.52 Å². The third kappa shape index (κ3) is 1.88. The van der Waals surface area contributed by atoms with Crippen molar-refractivity contribution in [2.24, 2.45) is 0 Å². The van der Waals surface area contributed by atoms with E-state index in [9.17, 15) is 14.7 Å². The van der Waals surface area contributed by atoms with E-state index in [0.29, 0.717) is 11.1 Å². The highest BCUT2D eigenvalue weighted by Gasteiger charge is 2.22. The number of H-pyrrole nitrogens is 2. The maximum Gasteiger partial charge on any atom is 0.417 e. The van der Waals surface area contributed by atoms with Crippen LogP contribution in [0.2, 0.25) is 0 Å². The van der Waals surface area contributed by atoms with Gasteiger partial charge in [-0.15, -0.1) is 0 Å². The third-order valence-electron chi connectivity index (χ3n) is 2.91. The predicted molar refractivity (Wildman–Crippen MR) is 66.4 cm³/mol. The monoisotopic (exact) mass is 275 g/mol. The number of oxazole rings is 1. The molecular formula is C12H9N3O5. The number of nitrogens with one attached hydrogen (secondary N) is 2. The molecule has 1 aromatic carbocycles. The van der Waals surface area contributed by atoms with Crippen LogP contribution in [0.1, 0.15) is 27.8 Å². The van der Waals surface area contributed by atoms with Crippen LogP contribution >= 0.6 is 0 Å². The molecule has 0 fully saturated rings. The van der Waals surface area contributed by atoms with Gasteiger partial charge in [0.25, 0.3) is 0 Å². The van der Waals surface area contributed by atoms with E-state index in [0.717, 1.165) is 0 Å². The van der Waals surface area contributed by atoms with Gasteiger partial charge in [0.15, 0.2) is 11.3 Å². The van der Waals surface area contributed by atoms with Gasteiger partial charge in [0, 0.05) is 0 Å². The van der Waals surface area contributed by atoms with E-state index in [1.807, 2.05) is 0 Å². The summed E-state index contributed by atoms with van der Waals surface area (Å²) in [5.41, 5.74) is 0.965. The average molecular weight is 275 g/mol. The summed E-state index contributed by atoms with van der Waals surface area (Å²) in [5, 5.41) is 19.2. The highest BCUT2D eigenvalue weighted by Crippen LogP contribution is 2.25. The summed E-state index contributed by atoms with van der Waals surface area (Å²) < 4.78 is 4.89. The number of aromatic nitrogens is 3. The number of benzene rings is 1. The Morgan fingerprint density at radius 1 is 1.40 bits per heavy atom. The van der Waals surface area contributed by atoms with E-state index in [2.05, 4.69) is 15.0 Å². The van der Waals surface area contributed by atoms with Gasteiger partial charge in [-0.25, -0.2) is 14.6 Å². The fourth-order valence-corrected chi connectivity index (χ4v) is 1.98. The Bertz CT molecular complexity index is 844. The van der Waals surface area contributed by atoms with Gasteiger partial charge in [-0.2, -0.15) is 0 Å². The van der Waals surface area contributed by atoms with Gasteiger partial charge >= 0.3 is 11.7 Å². The Balaban J connectivity index is 2.07. The molecule has 3 rings (SSSR count). The standard InChI is InChI=1S/C12H9N3O5/c16-10(8-9(11(17)18)14-4-13-8)5-1-2-6-7(3-5)20-12(19)15-6/h1-4,10,16H,(H,13,14)(H,15,19)(H,17,18). The minimum absolute atomic E-state index is 0.0646. The number of aromatic amines is 2. The van der Waals surface area contributed by atoms with Crippen molar-refractivity contribution in [1.82, 2.24) is 15.0 Å². The second kappa shape index (κ2) is 4.35. The average Bonchev–Trinajstić information content (AvgIpc) is 3.01. The Kier molecular flexibility index (Phi) is 2.65. The van der Waals surface area contributed by atoms with Crippen molar-refractivity contribution >= 4 is 17.1 Å². The van der Waals surface area contributed by atoms with Crippen LogP contribution in [-0.4, -0.2) is 31.1 Å². The van der Waals surface area contributed by atoms with E-state index >= 15 is 0 Å². The number of hydrogen-bond acceptors (Lipinski definition) is 5. The van der Waals surface area contributed by atoms with Crippen LogP contribution in [0.4, 0.5) is 0 Å². The molecule has 4 N–H and O–H groups in total. The maximum atomic E-state index is 11.1. The number of aromatic carboxylic acids is 1. The fraction of sp³-hybridized carbons (Fsp3) is 0.0833. The molecule has 0 aliphatic rings. The SMILES string of the molecule is O=C(O)c1nc[nH]c1C(O)c1ccc2[nH]c(=O)oc2c1. The lowest BCUT2D eigenvalue weighted by atomic mass is 10.0. The normalized spacial score (nSPS) is 12.7. The zero-order valence-corrected chi connectivity index (χ0v) is 9.95. The predicted octanol–water partition coefficient (Wildman–Crippen LogP) is 0.624. The lowest BCUT2D eigenvalue weighted by molar-refractivity contribution is 0.0685. The molecule has 3 aromatic rings. The van der Waals surface area contributed by atoms with Crippen LogP contribution < -0.4 is 5.76 Å². The van der Waals surface area contributed by atoms with Gasteiger partial charge in [0.05, 0.1) is 17.5 Å². The number of hydrogen-bond donors (Lipinski definition) is 4. The molecule has 1 atom stereocenters. The van der Waals surface area contributed by atoms with Gasteiger partial charge in [0.2, 0.25) is 0 Å². The summed E-state index contributed by atoms with van der Waals surface area (Å²) in [5.74, 6) is -1.84. The van der Waals surface area contributed by atoms with Crippen LogP contribution in [0.5, 0.6) is 0 Å². The Hall–Kier alpha value is -2.87. The van der Waals surface area contributed by atoms with Gasteiger partial charge in [0.1, 0.15) is 6.10 Å². The first-order chi connectivity index (χ1) is 9.56. The van der Waals surface area contributed by atoms with E-state index < -0.39 is 17.8 Å². The number of fused-ring (bicyclic) bond motifs is 1. The summed E-state index contributed by atoms with van der Waals surface area (Å²) in [6.45, 7) is 0. The van der Waals surface area contributed by atoms with E-state index in [1.165, 1.54) is 12.4 Å². The second-order valence-corrected chi connectivity index (χ2v) is 4.14. The topological polar surface area (TPSA) is 132 Å². The molecule has 8 heteroatoms. The number of carbonyl (C=O) groups is 1. The van der Waals surface area contributed by atoms with Crippen molar-refractivity contribution in [3.8, 4) is 0 Å². The molecule has 0 amide bonds. The summed E-state index contributed by atoms with van der Waals surface area (Å²) in [7, 11) is 0. The molecule has 0 saturated heterocycles. The molecule has 1 unspecified atom stereocenters. The van der Waals surface area contributed by atoms with Gasteiger partial charge < -0.3 is 19.6 Å². The van der Waals surface area contributed by atoms with Crippen LogP contribution in [-0.2, 0) is 0 Å². The number of rotatable bonds is 3. The highest BCUT2D eigenvalue weighted by atomic mass is 16.4. The van der Waals surface area contributed by atoms with Crippen molar-refractivity contribution in [1.29, 1.82) is 0 Å². The number of nitrogens with zero attached hydrogens (tertiary/aromatic N) is 1. The molecular weight excluding hydrogens is 266 g/mol. The van der Waals surface area contributed by atoms with Gasteiger partial charge in [-0.1, -0.05) is 6.07 Å². The maximum absolute atomic E-state index is 11.1. The van der Waals surface area contributed by atoms with Crippen molar-refractivity contribution in [3.05, 3.63) is 52.0 Å². The molecule has 0 saturated carbocycles. The van der Waals surface area contributed by atoms with E-state index in [1.54, 1.807) is 12.1 Å². The van der Waals surface area contributed by atoms with E-state index in [-0.39, 0.29) is 17.0 Å². The Labute approximate surface area is 110 Å². The van der Waals surface area contributed by atoms with Gasteiger partial charge in [-0.05, 0) is 17.7 Å². The minimum Gasteiger partial charge on any atom is -0.476 e. The zero-order chi connectivity index (χ0) is 14.3. The third-order valence-corrected chi connectivity index (χ3v) is 2.91. The van der Waals surface area contributed by atoms with Gasteiger partial charge in [-0.3, -0.25) is 4.98 Å². The molecule has 8 nitrogen and oxygen atoms in total. The first kappa shape index (κ1) is 12.2. The first-order valence-corrected chi connectivity index (χ1v) is 5.63. The molecule has 102 valence electrons. The Morgan fingerprint density at radius 3 is 2.95 bits per heavy atom. The van der Waals surface area contributed by atoms with Crippen molar-refractivity contribution < 1.29 is 19.4 Å². The van der Waals surface area contributed by atoms with Crippen LogP contribution in [0, 0.1) is 0 Å². The van der Waals surface area contributed by atoms with Crippen LogP contribution in [0.3, 0.4) is 0 Å². The number of carboxylic acids is 1. The molecule has 0 radical (unpaired) electrons. The number of carboxylic acid groups (broad SMARTS) is 1. The summed E-state index contributed by atoms with van der Waals surface area (Å²) >= 11 is 0. The fourth-order valence-electron chi connectivity index (χ4n) is 1.98. The number of imidazole rings is 1. The minimum atomic E-state index is -1.24. The molecule has 20 heavy (non-hydrogen) atoms. The smallest absolute Gasteiger partial charge is 0.417 e. The second-order valence-electron chi connectivity index (χ2n) is 4.14. The van der Waals surface area contributed by atoms with Crippen LogP contribution in [0.15, 0.2) is 33.7 Å². The van der Waals surface area contributed by atoms with Crippen molar-refractivity contribution in [2.45, 2.75) is 6.10 Å². The largest absolute Gasteiger partial charge is 0.476 e. The lowest BCUT2D eigenvalue weighted by Gasteiger charge is -2.09. The highest BCUT2D eigenvalue weighted by molar-refractivity contribution is 5.87. The summed E-state index contributed by atoms with van der Waals surface area (Å²) in [6.07, 6.45) is -0.0232. The molecule has 0 aliphatic carbocycles. The first-order valence-electron chi connectivity index (χ1n) is 5.63. The van der Waals surface area contributed by atoms with Crippen molar-refractivity contribution in [2.75, 3.05) is 0 Å². The van der Waals surface area contributed by atoms with Crippen LogP contribution in [0.25, 0.3) is 11.1 Å². The molecule has 2 heterocycles. The zero-order valence-electron chi connectivity index (χ0n) is 9.95. The number of aliphatic hydroxyl groups excluding tert-OH is 1. The molecule has 2 aromatic heterocycles. The molecule has 0 aliphatic heterocycles. The molecule has 0 bridgehead atoms. The molecule has 0 spiro atoms. The number of aliphatic hydroxyl groups is 1. The summed E-state index contributed by atoms with van der Waals surface area (Å²) in [6, 6.07) is 4.59. The van der Waals surface area contributed by atoms with Crippen molar-refractivity contribution in [3.63, 3.8) is 0 Å². The summed E-state index contributed by atoms with van der Waals surface area (Å²) in [4.78, 5) is 30.7. The quantitative estimate of drug-likeness (QED) is 0.554.